The molecule has 0 amide bonds. The molecule has 0 spiro atoms. The Morgan fingerprint density at radius 1 is 1.16 bits per heavy atom. The molecule has 0 aliphatic rings. The van der Waals surface area contributed by atoms with Gasteiger partial charge >= 0.3 is 0 Å². The molecule has 0 aliphatic heterocycles. The van der Waals surface area contributed by atoms with Crippen molar-refractivity contribution in [1.29, 1.82) is 0 Å². The minimum Gasteiger partial charge on any atom is -0.493 e. The highest BCUT2D eigenvalue weighted by Crippen LogP contribution is 2.31. The minimum absolute atomic E-state index is 0. The van der Waals surface area contributed by atoms with Gasteiger partial charge in [0.25, 0.3) is 0 Å². The number of nitrogens with one attached hydrogen (secondary N) is 1. The highest BCUT2D eigenvalue weighted by molar-refractivity contribution is 5.85. The first-order valence-electron chi connectivity index (χ1n) is 8.56. The quantitative estimate of drug-likeness (QED) is 0.764. The van der Waals surface area contributed by atoms with Crippen molar-refractivity contribution < 1.29 is 9.26 Å². The number of ether oxygens (including phenoxy) is 1. The third kappa shape index (κ3) is 5.72. The predicted molar refractivity (Wildman–Crippen MR) is 103 cm³/mol. The van der Waals surface area contributed by atoms with Gasteiger partial charge in [-0.15, -0.1) is 12.4 Å². The Balaban J connectivity index is 0.00000312. The third-order valence-electron chi connectivity index (χ3n) is 4.14. The molecule has 2 aromatic rings. The zero-order valence-corrected chi connectivity index (χ0v) is 16.8. The van der Waals surface area contributed by atoms with E-state index in [1.54, 1.807) is 0 Å². The first-order valence-corrected chi connectivity index (χ1v) is 8.56. The Morgan fingerprint density at radius 3 is 2.36 bits per heavy atom. The Kier molecular flexibility index (Phi) is 7.90. The molecule has 1 atom stereocenters. The van der Waals surface area contributed by atoms with Crippen molar-refractivity contribution in [3.63, 3.8) is 0 Å². The molecule has 0 aliphatic carbocycles. The van der Waals surface area contributed by atoms with Gasteiger partial charge in [-0.1, -0.05) is 31.1 Å². The molecule has 0 fully saturated rings. The van der Waals surface area contributed by atoms with Gasteiger partial charge in [0.2, 0.25) is 5.89 Å². The van der Waals surface area contributed by atoms with E-state index in [-0.39, 0.29) is 17.8 Å². The van der Waals surface area contributed by atoms with Gasteiger partial charge in [0.05, 0.1) is 12.0 Å². The molecule has 1 N–H and O–H groups in total. The van der Waals surface area contributed by atoms with Crippen molar-refractivity contribution >= 4 is 12.4 Å². The van der Waals surface area contributed by atoms with Crippen LogP contribution in [0.4, 0.5) is 0 Å². The molecule has 1 aromatic heterocycles. The van der Waals surface area contributed by atoms with Crippen LogP contribution in [-0.4, -0.2) is 29.8 Å². The molecule has 25 heavy (non-hydrogen) atoms. The van der Waals surface area contributed by atoms with E-state index in [9.17, 15) is 0 Å². The molecule has 6 heteroatoms. The summed E-state index contributed by atoms with van der Waals surface area (Å²) in [6.45, 7) is 11.3. The van der Waals surface area contributed by atoms with Crippen LogP contribution >= 0.6 is 12.4 Å². The number of nitrogens with zero attached hydrogens (tertiary/aromatic N) is 2. The lowest BCUT2D eigenvalue weighted by Gasteiger charge is -2.21. The summed E-state index contributed by atoms with van der Waals surface area (Å²) in [5.41, 5.74) is 0.779. The van der Waals surface area contributed by atoms with Gasteiger partial charge in [-0.2, -0.15) is 4.98 Å². The van der Waals surface area contributed by atoms with Crippen LogP contribution in [0.15, 0.2) is 28.8 Å². The molecular formula is C19H30ClN3O2. The fraction of sp³-hybridized carbons (Fsp3) is 0.579. The first kappa shape index (κ1) is 21.5. The average Bonchev–Trinajstić information content (AvgIpc) is 3.02. The van der Waals surface area contributed by atoms with Crippen molar-refractivity contribution in [2.75, 3.05) is 13.7 Å². The zero-order valence-electron chi connectivity index (χ0n) is 16.0. The number of rotatable bonds is 8. The van der Waals surface area contributed by atoms with E-state index < -0.39 is 0 Å². The molecule has 1 unspecified atom stereocenters. The monoisotopic (exact) mass is 367 g/mol. The van der Waals surface area contributed by atoms with E-state index >= 15 is 0 Å². The van der Waals surface area contributed by atoms with Gasteiger partial charge in [-0.3, -0.25) is 0 Å². The minimum atomic E-state index is -0.343. The summed E-state index contributed by atoms with van der Waals surface area (Å²) in [7, 11) is 1.93. The molecule has 5 nitrogen and oxygen atoms in total. The number of halogens is 1. The summed E-state index contributed by atoms with van der Waals surface area (Å²) in [6.07, 6.45) is 0.748. The maximum atomic E-state index is 5.74. The summed E-state index contributed by atoms with van der Waals surface area (Å²) in [5, 5.41) is 7.30. The van der Waals surface area contributed by atoms with Gasteiger partial charge in [-0.25, -0.2) is 0 Å². The zero-order chi connectivity index (χ0) is 17.7. The maximum absolute atomic E-state index is 5.74. The maximum Gasteiger partial charge on any atom is 0.236 e. The van der Waals surface area contributed by atoms with Gasteiger partial charge in [0, 0.05) is 12.5 Å². The smallest absolute Gasteiger partial charge is 0.236 e. The largest absolute Gasteiger partial charge is 0.493 e. The van der Waals surface area contributed by atoms with E-state index in [0.717, 1.165) is 30.2 Å². The molecule has 0 saturated carbocycles. The Hall–Kier alpha value is -1.59. The van der Waals surface area contributed by atoms with Crippen LogP contribution in [-0.2, 0) is 11.8 Å². The number of aromatic nitrogens is 2. The average molecular weight is 368 g/mol. The lowest BCUT2D eigenvalue weighted by molar-refractivity contribution is 0.271. The lowest BCUT2D eigenvalue weighted by Crippen LogP contribution is -2.24. The van der Waals surface area contributed by atoms with Gasteiger partial charge in [0.1, 0.15) is 5.75 Å². The van der Waals surface area contributed by atoms with Crippen LogP contribution in [0.2, 0.25) is 0 Å². The van der Waals surface area contributed by atoms with Gasteiger partial charge in [0.15, 0.2) is 5.82 Å². The number of hydrogen-bond acceptors (Lipinski definition) is 5. The molecular weight excluding hydrogens is 338 g/mol. The highest BCUT2D eigenvalue weighted by atomic mass is 35.5. The van der Waals surface area contributed by atoms with E-state index in [1.807, 2.05) is 19.2 Å². The number of benzene rings is 1. The Bertz CT molecular complexity index is 638. The van der Waals surface area contributed by atoms with E-state index in [0.29, 0.717) is 17.9 Å². The Morgan fingerprint density at radius 2 is 1.80 bits per heavy atom. The van der Waals surface area contributed by atoms with E-state index in [1.165, 1.54) is 0 Å². The van der Waals surface area contributed by atoms with Crippen LogP contribution in [0, 0.1) is 5.92 Å². The van der Waals surface area contributed by atoms with E-state index in [2.05, 4.69) is 62.2 Å². The third-order valence-corrected chi connectivity index (χ3v) is 4.14. The predicted octanol–water partition coefficient (Wildman–Crippen LogP) is 4.00. The SMILES string of the molecule is CNC(C)Cc1noc(C(C)(C)c2ccc(OCC(C)C)cc2)n1.Cl. The molecule has 0 saturated heterocycles. The van der Waals surface area contributed by atoms with Crippen LogP contribution in [0.5, 0.6) is 5.75 Å². The van der Waals surface area contributed by atoms with Crippen LogP contribution in [0.3, 0.4) is 0 Å². The standard InChI is InChI=1S/C19H29N3O2.ClH/c1-13(2)12-23-16-9-7-15(8-10-16)19(4,5)18-21-17(22-24-18)11-14(3)20-6;/h7-10,13-14,20H,11-12H2,1-6H3;1H. The lowest BCUT2D eigenvalue weighted by atomic mass is 9.84. The van der Waals surface area contributed by atoms with Crippen molar-refractivity contribution in [2.24, 2.45) is 5.92 Å². The second kappa shape index (κ2) is 9.20. The van der Waals surface area contributed by atoms with Crippen LogP contribution < -0.4 is 10.1 Å². The van der Waals surface area contributed by atoms with Crippen molar-refractivity contribution in [2.45, 2.75) is 52.5 Å². The molecule has 2 rings (SSSR count). The first-order chi connectivity index (χ1) is 11.3. The summed E-state index contributed by atoms with van der Waals surface area (Å²) in [6, 6.07) is 8.45. The topological polar surface area (TPSA) is 60.2 Å². The molecule has 0 bridgehead atoms. The highest BCUT2D eigenvalue weighted by Gasteiger charge is 2.30. The summed E-state index contributed by atoms with van der Waals surface area (Å²) in [5.74, 6) is 2.77. The summed E-state index contributed by atoms with van der Waals surface area (Å²) >= 11 is 0. The van der Waals surface area contributed by atoms with Gasteiger partial charge in [-0.05, 0) is 51.4 Å². The van der Waals surface area contributed by atoms with Crippen LogP contribution in [0.1, 0.15) is 51.9 Å². The molecule has 1 heterocycles. The van der Waals surface area contributed by atoms with E-state index in [4.69, 9.17) is 9.26 Å². The Labute approximate surface area is 157 Å². The second-order valence-corrected chi connectivity index (χ2v) is 7.26. The van der Waals surface area contributed by atoms with Crippen molar-refractivity contribution in [1.82, 2.24) is 15.5 Å². The van der Waals surface area contributed by atoms with Crippen molar-refractivity contribution in [3.8, 4) is 5.75 Å². The van der Waals surface area contributed by atoms with Crippen molar-refractivity contribution in [3.05, 3.63) is 41.5 Å². The number of hydrogen-bond donors (Lipinski definition) is 1. The fourth-order valence-electron chi connectivity index (χ4n) is 2.32. The molecule has 140 valence electrons. The fourth-order valence-corrected chi connectivity index (χ4v) is 2.32. The second-order valence-electron chi connectivity index (χ2n) is 7.26. The summed E-state index contributed by atoms with van der Waals surface area (Å²) in [4.78, 5) is 4.58. The summed E-state index contributed by atoms with van der Waals surface area (Å²) < 4.78 is 11.3. The normalized spacial score (nSPS) is 12.8. The van der Waals surface area contributed by atoms with Crippen LogP contribution in [0.25, 0.3) is 0 Å². The number of likely N-dealkylation sites (N-methyl/N-ethyl adjacent to an activating group) is 1. The van der Waals surface area contributed by atoms with Gasteiger partial charge < -0.3 is 14.6 Å². The molecule has 0 radical (unpaired) electrons. The molecule has 1 aromatic carbocycles.